The van der Waals surface area contributed by atoms with Gasteiger partial charge in [-0.05, 0) is 66.2 Å². The van der Waals surface area contributed by atoms with E-state index in [2.05, 4.69) is 0 Å². The summed E-state index contributed by atoms with van der Waals surface area (Å²) in [5, 5.41) is 44.3. The average molecular weight is 977 g/mol. The summed E-state index contributed by atoms with van der Waals surface area (Å²) in [6, 6.07) is -1.90. The van der Waals surface area contributed by atoms with E-state index in [-0.39, 0.29) is 94.8 Å². The quantitative estimate of drug-likeness (QED) is 0.0361. The zero-order chi connectivity index (χ0) is 50.7. The number of ketones is 2. The molecule has 2 amide bonds. The maximum Gasteiger partial charge on any atom is 0.313 e. The third-order valence-electron chi connectivity index (χ3n) is 12.2. The zero-order valence-corrected chi connectivity index (χ0v) is 40.9. The van der Waals surface area contributed by atoms with E-state index < -0.39 is 120 Å². The number of aliphatic carboxylic acids is 4. The maximum atomic E-state index is 12.9. The molecule has 8 unspecified atom stereocenters. The van der Waals surface area contributed by atoms with Crippen molar-refractivity contribution in [2.24, 2.45) is 34.5 Å². The van der Waals surface area contributed by atoms with Gasteiger partial charge in [-0.2, -0.15) is 0 Å². The molecule has 388 valence electrons. The number of carboxylic acid groups (broad SMARTS) is 4. The van der Waals surface area contributed by atoms with E-state index in [0.717, 1.165) is 0 Å². The van der Waals surface area contributed by atoms with E-state index in [1.54, 1.807) is 20.8 Å². The smallest absolute Gasteiger partial charge is 0.313 e. The summed E-state index contributed by atoms with van der Waals surface area (Å²) in [5.41, 5.74) is -3.56. The van der Waals surface area contributed by atoms with E-state index in [4.69, 9.17) is 18.9 Å². The molecule has 10 N–H and O–H groups in total. The van der Waals surface area contributed by atoms with Crippen LogP contribution in [0.5, 0.6) is 0 Å². The number of esters is 4. The van der Waals surface area contributed by atoms with Gasteiger partial charge in [0.15, 0.2) is 0 Å². The van der Waals surface area contributed by atoms with E-state index in [0.29, 0.717) is 19.4 Å². The molecule has 2 saturated heterocycles. The van der Waals surface area contributed by atoms with Gasteiger partial charge in [0, 0.05) is 61.8 Å². The number of carbonyl (C=O) groups is 12. The number of rotatable bonds is 28. The number of ether oxygens (including phenoxy) is 4. The number of nitrogens with zero attached hydrogens (tertiary/aromatic N) is 2. The molecule has 2 fully saturated rings. The highest BCUT2D eigenvalue weighted by molar-refractivity contribution is 5.95. The topological polar surface area (TPSA) is 408 Å². The molecule has 0 spiro atoms. The van der Waals surface area contributed by atoms with Gasteiger partial charge in [-0.1, -0.05) is 27.7 Å². The first kappa shape index (κ1) is 64.0. The summed E-state index contributed by atoms with van der Waals surface area (Å²) in [7, 11) is 0. The molecule has 2 aliphatic rings. The fourth-order valence-corrected chi connectivity index (χ4v) is 8.45. The van der Waals surface area contributed by atoms with Crippen molar-refractivity contribution in [3.63, 3.8) is 0 Å². The van der Waals surface area contributed by atoms with Crippen LogP contribution in [-0.2, 0) is 76.5 Å². The van der Waals surface area contributed by atoms with Crippen LogP contribution in [0.4, 0.5) is 0 Å². The van der Waals surface area contributed by atoms with Gasteiger partial charge in [0.25, 0.3) is 0 Å². The predicted octanol–water partition coefficient (Wildman–Crippen LogP) is 0.625. The third kappa shape index (κ3) is 17.2. The van der Waals surface area contributed by atoms with Crippen LogP contribution in [0, 0.1) is 34.5 Å². The minimum atomic E-state index is -1.85. The minimum absolute atomic E-state index is 0. The number of amides is 2. The first-order valence-electron chi connectivity index (χ1n) is 21.9. The Bertz CT molecular complexity index is 1700. The van der Waals surface area contributed by atoms with E-state index in [9.17, 15) is 78.0 Å². The zero-order valence-electron chi connectivity index (χ0n) is 40.9. The van der Waals surface area contributed by atoms with Gasteiger partial charge >= 0.3 is 35.8 Å². The van der Waals surface area contributed by atoms with Crippen molar-refractivity contribution in [1.29, 1.82) is 0 Å². The molecule has 2 aliphatic heterocycles. The molecule has 2 heterocycles. The number of likely N-dealkylation sites (tertiary alicyclic amines) is 2. The van der Waals surface area contributed by atoms with Crippen LogP contribution in [0.1, 0.15) is 120 Å². The Morgan fingerprint density at radius 1 is 0.574 bits per heavy atom. The Kier molecular flexibility index (Phi) is 27.9. The highest BCUT2D eigenvalue weighted by Crippen LogP contribution is 2.43. The first-order chi connectivity index (χ1) is 30.8. The van der Waals surface area contributed by atoms with Crippen molar-refractivity contribution in [2.45, 2.75) is 132 Å². The molecule has 0 radical (unpaired) electrons. The van der Waals surface area contributed by atoms with Crippen LogP contribution >= 0.6 is 0 Å². The van der Waals surface area contributed by atoms with Gasteiger partial charge in [-0.25, -0.2) is 0 Å². The Labute approximate surface area is 395 Å². The second kappa shape index (κ2) is 29.7. The van der Waals surface area contributed by atoms with Gasteiger partial charge < -0.3 is 71.1 Å². The van der Waals surface area contributed by atoms with E-state index >= 15 is 0 Å². The summed E-state index contributed by atoms with van der Waals surface area (Å²) in [4.78, 5) is 147. The van der Waals surface area contributed by atoms with Crippen LogP contribution in [0.2, 0.25) is 0 Å². The van der Waals surface area contributed by atoms with Crippen LogP contribution in [0.15, 0.2) is 0 Å². The minimum Gasteiger partial charge on any atom is -0.550 e. The first-order valence-corrected chi connectivity index (χ1v) is 21.9. The lowest BCUT2D eigenvalue weighted by Crippen LogP contribution is -2.60. The van der Waals surface area contributed by atoms with Gasteiger partial charge in [-0.3, -0.25) is 47.9 Å². The molecule has 0 aromatic rings. The lowest BCUT2D eigenvalue weighted by molar-refractivity contribution is -0.332. The van der Waals surface area contributed by atoms with Crippen LogP contribution < -0.4 is 22.5 Å². The summed E-state index contributed by atoms with van der Waals surface area (Å²) in [6.07, 6.45) is 0.878. The van der Waals surface area contributed by atoms with Crippen molar-refractivity contribution in [3.05, 3.63) is 0 Å². The van der Waals surface area contributed by atoms with Crippen molar-refractivity contribution < 1.29 is 96.9 Å². The molecule has 8 atom stereocenters. The molecule has 0 aliphatic carbocycles. The highest BCUT2D eigenvalue weighted by atomic mass is 16.6. The van der Waals surface area contributed by atoms with Crippen molar-refractivity contribution in [3.8, 4) is 0 Å². The molecule has 68 heavy (non-hydrogen) atoms. The summed E-state index contributed by atoms with van der Waals surface area (Å²) in [5.74, 6) is -18.0. The predicted molar refractivity (Wildman–Crippen MR) is 232 cm³/mol. The molecule has 0 aromatic carbocycles. The molecule has 24 heteroatoms. The van der Waals surface area contributed by atoms with Gasteiger partial charge in [-0.15, -0.1) is 0 Å². The largest absolute Gasteiger partial charge is 0.550 e. The normalized spacial score (nSPS) is 17.5. The summed E-state index contributed by atoms with van der Waals surface area (Å²) < 4.78 is 19.8. The molecule has 0 bridgehead atoms. The molecular formula is C44H72N4O20. The van der Waals surface area contributed by atoms with Gasteiger partial charge in [0.1, 0.15) is 50.8 Å². The fourth-order valence-electron chi connectivity index (χ4n) is 8.45. The molecule has 24 nitrogen and oxygen atoms in total. The number of carboxylic acids is 4. The second-order valence-electron chi connectivity index (χ2n) is 16.7. The standard InChI is InChI=1S/2C22H33NO10.2H3N/c2*1-5-14(23-9-7-8-15(23)25)17(19(27)28)18(20(29)30)22(4,6-2)21(31)33-11-10-32-16(26)12-13(3)24;;/h2*14,17-18H,5-12H2,1-4H3,(H,27,28)(H,29,30);2*1H3. The van der Waals surface area contributed by atoms with Crippen molar-refractivity contribution in [1.82, 2.24) is 22.1 Å². The molecule has 0 aromatic heterocycles. The lowest BCUT2D eigenvalue weighted by Gasteiger charge is -2.45. The third-order valence-corrected chi connectivity index (χ3v) is 12.2. The lowest BCUT2D eigenvalue weighted by atomic mass is 9.66. The number of quaternary nitrogens is 2. The number of carbonyl (C=O) groups excluding carboxylic acids is 10. The van der Waals surface area contributed by atoms with E-state index in [1.807, 2.05) is 0 Å². The summed E-state index contributed by atoms with van der Waals surface area (Å²) in [6.45, 7) is 10.4. The van der Waals surface area contributed by atoms with Gasteiger partial charge in [0.2, 0.25) is 11.8 Å². The second-order valence-corrected chi connectivity index (χ2v) is 16.7. The highest BCUT2D eigenvalue weighted by Gasteiger charge is 2.55. The molecule has 0 saturated carbocycles. The Morgan fingerprint density at radius 2 is 0.926 bits per heavy atom. The Morgan fingerprint density at radius 3 is 1.19 bits per heavy atom. The van der Waals surface area contributed by atoms with Crippen molar-refractivity contribution >= 4 is 71.1 Å². The fraction of sp³-hybridized carbons (Fsp3) is 0.727. The number of hydrogen-bond donors (Lipinski definition) is 4. The average Bonchev–Trinajstić information content (AvgIpc) is 3.86. The monoisotopic (exact) mass is 976 g/mol. The van der Waals surface area contributed by atoms with E-state index in [1.165, 1.54) is 44.4 Å². The Balaban J connectivity index is 0. The summed E-state index contributed by atoms with van der Waals surface area (Å²) >= 11 is 0. The SMILES string of the molecule is CCC(C(C(=O)O)C(C(=O)O)C(C)(CC)C(=O)OCCOC(=O)CC(C)=O)N1CCCC1=O.CCC(C(C(=O)[O-])C(C(=O)[O-])C(C)(CC)C(=O)OCCOC(=O)CC(C)=O)N1CCCC1=O.[NH4+].[NH4+]. The Hall–Kier alpha value is -6.04. The maximum absolute atomic E-state index is 12.9. The number of Topliss-reactive ketones (excluding diaryl/α,β-unsaturated/α-hetero) is 2. The number of hydrogen-bond acceptors (Lipinski definition) is 18. The van der Waals surface area contributed by atoms with Crippen LogP contribution in [-0.4, -0.2) is 143 Å². The molecule has 2 rings (SSSR count). The van der Waals surface area contributed by atoms with Crippen LogP contribution in [0.3, 0.4) is 0 Å². The van der Waals surface area contributed by atoms with Crippen LogP contribution in [0.25, 0.3) is 0 Å². The van der Waals surface area contributed by atoms with Gasteiger partial charge in [0.05, 0.1) is 22.7 Å². The molecular weight excluding hydrogens is 904 g/mol. The van der Waals surface area contributed by atoms with Crippen molar-refractivity contribution in [2.75, 3.05) is 39.5 Å².